The zero-order chi connectivity index (χ0) is 24.0. The molecular weight excluding hydrogens is 448 g/mol. The maximum Gasteiger partial charge on any atom is 0.329 e. The number of ether oxygens (including phenoxy) is 1. The fraction of sp³-hybridized carbons (Fsp3) is 0.227. The second-order valence-corrected chi connectivity index (χ2v) is 9.04. The molecule has 0 bridgehead atoms. The molecule has 0 amide bonds. The molecule has 1 unspecified atom stereocenters. The minimum absolute atomic E-state index is 0.0750. The lowest BCUT2D eigenvalue weighted by Crippen LogP contribution is -2.49. The van der Waals surface area contributed by atoms with Crippen molar-refractivity contribution in [3.8, 4) is 17.9 Å². The van der Waals surface area contributed by atoms with E-state index in [1.54, 1.807) is 24.3 Å². The number of nitriles is 2. The van der Waals surface area contributed by atoms with Crippen LogP contribution in [-0.2, 0) is 14.8 Å². The summed E-state index contributed by atoms with van der Waals surface area (Å²) in [5.41, 5.74) is 0.250. The second kappa shape index (κ2) is 10.0. The van der Waals surface area contributed by atoms with Gasteiger partial charge >= 0.3 is 5.97 Å². The number of carbonyl (C=O) groups is 1. The molecule has 11 heteroatoms. The minimum atomic E-state index is -4.08. The normalized spacial score (nSPS) is 16.1. The first-order valence-corrected chi connectivity index (χ1v) is 11.3. The van der Waals surface area contributed by atoms with Crippen LogP contribution >= 0.6 is 0 Å². The first-order chi connectivity index (χ1) is 15.8. The van der Waals surface area contributed by atoms with Gasteiger partial charge in [0, 0.05) is 18.7 Å². The van der Waals surface area contributed by atoms with Gasteiger partial charge in [-0.3, -0.25) is 10.1 Å². The summed E-state index contributed by atoms with van der Waals surface area (Å²) in [6.45, 7) is 0.119. The van der Waals surface area contributed by atoms with E-state index in [0.29, 0.717) is 18.4 Å². The first-order valence-electron chi connectivity index (χ1n) is 9.86. The van der Waals surface area contributed by atoms with Crippen LogP contribution in [-0.4, -0.2) is 36.2 Å². The number of hydrogen-bond acceptors (Lipinski definition) is 8. The molecule has 2 aromatic carbocycles. The molecular formula is C22H18N4O6S. The lowest BCUT2D eigenvalue weighted by Gasteiger charge is -2.32. The highest BCUT2D eigenvalue weighted by Gasteiger charge is 2.39. The van der Waals surface area contributed by atoms with Crippen LogP contribution in [0.1, 0.15) is 24.8 Å². The van der Waals surface area contributed by atoms with Crippen LogP contribution < -0.4 is 4.74 Å². The smallest absolute Gasteiger partial charge is 0.329 e. The Labute approximate surface area is 190 Å². The van der Waals surface area contributed by atoms with Gasteiger partial charge in [0.1, 0.15) is 29.5 Å². The topological polar surface area (TPSA) is 154 Å². The highest BCUT2D eigenvalue weighted by atomic mass is 32.2. The lowest BCUT2D eigenvalue weighted by atomic mass is 10.1. The molecule has 168 valence electrons. The number of non-ortho nitro benzene ring substituents is 1. The van der Waals surface area contributed by atoms with Crippen molar-refractivity contribution in [3.05, 3.63) is 69.8 Å². The highest BCUT2D eigenvalue weighted by molar-refractivity contribution is 7.89. The number of piperidine rings is 1. The average molecular weight is 466 g/mol. The third kappa shape index (κ3) is 5.41. The van der Waals surface area contributed by atoms with Crippen LogP contribution in [0.3, 0.4) is 0 Å². The Bertz CT molecular complexity index is 1260. The van der Waals surface area contributed by atoms with E-state index in [2.05, 4.69) is 0 Å². The van der Waals surface area contributed by atoms with Crippen LogP contribution in [0.15, 0.2) is 59.0 Å². The number of nitro groups is 1. The van der Waals surface area contributed by atoms with E-state index < -0.39 is 27.0 Å². The van der Waals surface area contributed by atoms with Crippen molar-refractivity contribution in [2.75, 3.05) is 6.54 Å². The van der Waals surface area contributed by atoms with Gasteiger partial charge in [0.05, 0.1) is 9.82 Å². The number of sulfonamides is 1. The predicted octanol–water partition coefficient (Wildman–Crippen LogP) is 3.17. The predicted molar refractivity (Wildman–Crippen MR) is 116 cm³/mol. The molecule has 33 heavy (non-hydrogen) atoms. The van der Waals surface area contributed by atoms with Gasteiger partial charge in [0.15, 0.2) is 0 Å². The number of esters is 1. The van der Waals surface area contributed by atoms with E-state index in [9.17, 15) is 23.3 Å². The molecule has 1 fully saturated rings. The minimum Gasteiger partial charge on any atom is -0.425 e. The fourth-order valence-corrected chi connectivity index (χ4v) is 5.02. The number of allylic oxidation sites excluding steroid dienone is 1. The van der Waals surface area contributed by atoms with E-state index in [1.807, 2.05) is 0 Å². The Morgan fingerprint density at radius 3 is 2.30 bits per heavy atom. The van der Waals surface area contributed by atoms with Crippen LogP contribution in [0.4, 0.5) is 5.69 Å². The van der Waals surface area contributed by atoms with Gasteiger partial charge < -0.3 is 4.74 Å². The molecule has 1 saturated heterocycles. The zero-order valence-corrected chi connectivity index (χ0v) is 18.1. The lowest BCUT2D eigenvalue weighted by molar-refractivity contribution is -0.384. The largest absolute Gasteiger partial charge is 0.425 e. The average Bonchev–Trinajstić information content (AvgIpc) is 2.83. The summed E-state index contributed by atoms with van der Waals surface area (Å²) in [7, 11) is -4.08. The Morgan fingerprint density at radius 1 is 1.09 bits per heavy atom. The summed E-state index contributed by atoms with van der Waals surface area (Å²) in [6.07, 6.45) is 2.86. The van der Waals surface area contributed by atoms with Crippen LogP contribution in [0.5, 0.6) is 5.75 Å². The summed E-state index contributed by atoms with van der Waals surface area (Å²) in [5, 5.41) is 28.5. The van der Waals surface area contributed by atoms with Crippen molar-refractivity contribution in [1.29, 1.82) is 10.5 Å². The molecule has 1 heterocycles. The molecule has 2 aromatic rings. The van der Waals surface area contributed by atoms with Gasteiger partial charge in [-0.2, -0.15) is 14.8 Å². The van der Waals surface area contributed by atoms with Gasteiger partial charge in [-0.1, -0.05) is 12.1 Å². The third-order valence-electron chi connectivity index (χ3n) is 5.03. The van der Waals surface area contributed by atoms with Gasteiger partial charge in [-0.05, 0) is 55.2 Å². The summed E-state index contributed by atoms with van der Waals surface area (Å²) < 4.78 is 32.7. The maximum atomic E-state index is 13.1. The van der Waals surface area contributed by atoms with Gasteiger partial charge in [-0.25, -0.2) is 13.2 Å². The van der Waals surface area contributed by atoms with Crippen LogP contribution in [0.2, 0.25) is 0 Å². The SMILES string of the molecule is N#CC(C#N)=Cc1ccc(OC(=O)C2CCCCN2S(=O)(=O)c2ccc([N+](=O)[O-])cc2)cc1. The van der Waals surface area contributed by atoms with Crippen LogP contribution in [0, 0.1) is 32.8 Å². The van der Waals surface area contributed by atoms with Crippen molar-refractivity contribution < 1.29 is 22.9 Å². The Kier molecular flexibility index (Phi) is 7.18. The monoisotopic (exact) mass is 466 g/mol. The van der Waals surface area contributed by atoms with Crippen molar-refractivity contribution in [2.45, 2.75) is 30.2 Å². The summed E-state index contributed by atoms with van der Waals surface area (Å²) in [6, 6.07) is 13.0. The fourth-order valence-electron chi connectivity index (χ4n) is 3.38. The van der Waals surface area contributed by atoms with E-state index in [-0.39, 0.29) is 34.9 Å². The number of rotatable bonds is 6. The number of nitro benzene ring substituents is 1. The molecule has 0 aliphatic carbocycles. The molecule has 1 aliphatic heterocycles. The quantitative estimate of drug-likeness (QED) is 0.207. The van der Waals surface area contributed by atoms with E-state index in [0.717, 1.165) is 28.6 Å². The van der Waals surface area contributed by atoms with Crippen LogP contribution in [0.25, 0.3) is 6.08 Å². The molecule has 0 aromatic heterocycles. The van der Waals surface area contributed by atoms with Gasteiger partial charge in [0.25, 0.3) is 5.69 Å². The number of hydrogen-bond donors (Lipinski definition) is 0. The van der Waals surface area contributed by atoms with E-state index in [1.165, 1.54) is 18.2 Å². The third-order valence-corrected chi connectivity index (χ3v) is 6.95. The maximum absolute atomic E-state index is 13.1. The zero-order valence-electron chi connectivity index (χ0n) is 17.2. The van der Waals surface area contributed by atoms with E-state index in [4.69, 9.17) is 15.3 Å². The summed E-state index contributed by atoms with van der Waals surface area (Å²) in [5.74, 6) is -0.552. The van der Waals surface area contributed by atoms with Crippen molar-refractivity contribution in [3.63, 3.8) is 0 Å². The Hall–Kier alpha value is -4.06. The van der Waals surface area contributed by atoms with Gasteiger partial charge in [0.2, 0.25) is 10.0 Å². The molecule has 0 spiro atoms. The second-order valence-electron chi connectivity index (χ2n) is 7.15. The molecule has 0 radical (unpaired) electrons. The molecule has 0 saturated carbocycles. The standard InChI is InChI=1S/C22H18N4O6S/c23-14-17(15-24)13-16-4-8-19(9-5-16)32-22(27)21-3-1-2-12-25(21)33(30,31)20-10-6-18(7-11-20)26(28)29/h4-11,13,21H,1-3,12H2. The highest BCUT2D eigenvalue weighted by Crippen LogP contribution is 2.28. The molecule has 10 nitrogen and oxygen atoms in total. The molecule has 3 rings (SSSR count). The molecule has 1 aliphatic rings. The summed E-state index contributed by atoms with van der Waals surface area (Å²) in [4.78, 5) is 22.9. The number of benzene rings is 2. The van der Waals surface area contributed by atoms with Crippen molar-refractivity contribution in [1.82, 2.24) is 4.31 Å². The number of carbonyl (C=O) groups excluding carboxylic acids is 1. The van der Waals surface area contributed by atoms with E-state index >= 15 is 0 Å². The Balaban J connectivity index is 1.79. The molecule has 0 N–H and O–H groups in total. The van der Waals surface area contributed by atoms with Gasteiger partial charge in [-0.15, -0.1) is 0 Å². The summed E-state index contributed by atoms with van der Waals surface area (Å²) >= 11 is 0. The van der Waals surface area contributed by atoms with Crippen molar-refractivity contribution in [2.24, 2.45) is 0 Å². The Morgan fingerprint density at radius 2 is 1.73 bits per heavy atom. The first kappa shape index (κ1) is 23.6. The van der Waals surface area contributed by atoms with Crippen molar-refractivity contribution >= 4 is 27.8 Å². The molecule has 1 atom stereocenters. The number of nitrogens with zero attached hydrogens (tertiary/aromatic N) is 4.